The second-order valence-electron chi connectivity index (χ2n) is 5.11. The number of aromatic amines is 1. The molecule has 0 saturated heterocycles. The second-order valence-corrected chi connectivity index (χ2v) is 5.11. The van der Waals surface area contributed by atoms with Crippen molar-refractivity contribution < 1.29 is 4.79 Å². The van der Waals surface area contributed by atoms with Gasteiger partial charge in [-0.05, 0) is 18.4 Å². The first-order valence-electron chi connectivity index (χ1n) is 7.04. The molecule has 1 saturated carbocycles. The lowest BCUT2D eigenvalue weighted by atomic mass is 10.2. The van der Waals surface area contributed by atoms with E-state index in [2.05, 4.69) is 15.2 Å². The van der Waals surface area contributed by atoms with Gasteiger partial charge in [-0.1, -0.05) is 37.3 Å². The highest BCUT2D eigenvalue weighted by Crippen LogP contribution is 2.29. The summed E-state index contributed by atoms with van der Waals surface area (Å²) in [5.41, 5.74) is 1.14. The molecule has 20 heavy (non-hydrogen) atoms. The number of hydrogen-bond acceptors (Lipinski definition) is 3. The van der Waals surface area contributed by atoms with E-state index in [4.69, 9.17) is 0 Å². The Hall–Kier alpha value is -2.17. The summed E-state index contributed by atoms with van der Waals surface area (Å²) in [6.07, 6.45) is 2.90. The van der Waals surface area contributed by atoms with Gasteiger partial charge in [0.1, 0.15) is 5.82 Å². The standard InChI is InChI=1S/C15H18N4O/c1-2-13-16-14(18-17-13)15(20)19(12-8-9-12)10-11-6-4-3-5-7-11/h3-7,12H,2,8-10H2,1H3,(H,16,17,18). The molecule has 1 aliphatic rings. The molecule has 0 radical (unpaired) electrons. The molecule has 1 fully saturated rings. The summed E-state index contributed by atoms with van der Waals surface area (Å²) < 4.78 is 0. The van der Waals surface area contributed by atoms with E-state index in [9.17, 15) is 4.79 Å². The van der Waals surface area contributed by atoms with E-state index in [-0.39, 0.29) is 11.7 Å². The van der Waals surface area contributed by atoms with Crippen LogP contribution in [-0.4, -0.2) is 32.0 Å². The van der Waals surface area contributed by atoms with Crippen molar-refractivity contribution in [3.05, 3.63) is 47.5 Å². The molecule has 1 heterocycles. The third-order valence-corrected chi connectivity index (χ3v) is 3.50. The third kappa shape index (κ3) is 2.71. The lowest BCUT2D eigenvalue weighted by molar-refractivity contribution is 0.0718. The van der Waals surface area contributed by atoms with E-state index in [1.807, 2.05) is 42.2 Å². The highest BCUT2D eigenvalue weighted by Gasteiger charge is 2.34. The average molecular weight is 270 g/mol. The number of rotatable bonds is 5. The van der Waals surface area contributed by atoms with Gasteiger partial charge in [0.15, 0.2) is 0 Å². The minimum atomic E-state index is -0.0766. The molecule has 0 bridgehead atoms. The number of H-pyrrole nitrogens is 1. The largest absolute Gasteiger partial charge is 0.329 e. The molecule has 0 aliphatic heterocycles. The number of nitrogens with one attached hydrogen (secondary N) is 1. The van der Waals surface area contributed by atoms with Crippen LogP contribution < -0.4 is 0 Å². The van der Waals surface area contributed by atoms with E-state index in [0.29, 0.717) is 12.6 Å². The van der Waals surface area contributed by atoms with Gasteiger partial charge in [0.2, 0.25) is 5.82 Å². The van der Waals surface area contributed by atoms with Crippen LogP contribution in [0.3, 0.4) is 0 Å². The molecule has 3 rings (SSSR count). The van der Waals surface area contributed by atoms with Gasteiger partial charge >= 0.3 is 0 Å². The molecular weight excluding hydrogens is 252 g/mol. The van der Waals surface area contributed by atoms with Crippen molar-refractivity contribution in [1.82, 2.24) is 20.1 Å². The van der Waals surface area contributed by atoms with Gasteiger partial charge in [-0.15, -0.1) is 5.10 Å². The van der Waals surface area contributed by atoms with E-state index in [0.717, 1.165) is 30.7 Å². The van der Waals surface area contributed by atoms with Crippen LogP contribution in [0.1, 0.15) is 41.8 Å². The zero-order valence-corrected chi connectivity index (χ0v) is 11.5. The molecule has 1 aliphatic carbocycles. The van der Waals surface area contributed by atoms with Gasteiger partial charge in [-0.3, -0.25) is 9.89 Å². The number of aromatic nitrogens is 3. The predicted molar refractivity (Wildman–Crippen MR) is 75.1 cm³/mol. The number of nitrogens with zero attached hydrogens (tertiary/aromatic N) is 3. The molecule has 5 heteroatoms. The topological polar surface area (TPSA) is 61.9 Å². The van der Waals surface area contributed by atoms with Crippen LogP contribution in [0, 0.1) is 0 Å². The number of aryl methyl sites for hydroxylation is 1. The molecule has 0 spiro atoms. The Balaban J connectivity index is 1.78. The zero-order valence-electron chi connectivity index (χ0n) is 11.5. The van der Waals surface area contributed by atoms with Crippen molar-refractivity contribution in [3.8, 4) is 0 Å². The van der Waals surface area contributed by atoms with E-state index in [1.165, 1.54) is 0 Å². The van der Waals surface area contributed by atoms with Crippen LogP contribution in [0.2, 0.25) is 0 Å². The Bertz CT molecular complexity index is 589. The molecule has 2 aromatic rings. The van der Waals surface area contributed by atoms with Crippen molar-refractivity contribution in [3.63, 3.8) is 0 Å². The van der Waals surface area contributed by atoms with Gasteiger partial charge in [-0.25, -0.2) is 4.98 Å². The SMILES string of the molecule is CCc1nc(C(=O)N(Cc2ccccc2)C2CC2)n[nH]1. The minimum Gasteiger partial charge on any atom is -0.329 e. The Morgan fingerprint density at radius 3 is 2.70 bits per heavy atom. The normalized spacial score (nSPS) is 14.2. The molecule has 0 atom stereocenters. The van der Waals surface area contributed by atoms with E-state index in [1.54, 1.807) is 0 Å². The maximum atomic E-state index is 12.5. The fraction of sp³-hybridized carbons (Fsp3) is 0.400. The molecular formula is C15H18N4O. The van der Waals surface area contributed by atoms with E-state index >= 15 is 0 Å². The number of carbonyl (C=O) groups is 1. The number of hydrogen-bond donors (Lipinski definition) is 1. The smallest absolute Gasteiger partial charge is 0.294 e. The number of benzene rings is 1. The minimum absolute atomic E-state index is 0.0766. The van der Waals surface area contributed by atoms with Crippen molar-refractivity contribution in [2.24, 2.45) is 0 Å². The average Bonchev–Trinajstić information content (AvgIpc) is 3.21. The molecule has 1 aromatic heterocycles. The Labute approximate surface area is 118 Å². The van der Waals surface area contributed by atoms with Crippen molar-refractivity contribution in [2.45, 2.75) is 38.8 Å². The van der Waals surface area contributed by atoms with Crippen molar-refractivity contribution in [1.29, 1.82) is 0 Å². The third-order valence-electron chi connectivity index (χ3n) is 3.50. The van der Waals surface area contributed by atoms with Crippen LogP contribution in [0.5, 0.6) is 0 Å². The molecule has 1 N–H and O–H groups in total. The van der Waals surface area contributed by atoms with Crippen LogP contribution in [0.25, 0.3) is 0 Å². The van der Waals surface area contributed by atoms with Crippen LogP contribution in [-0.2, 0) is 13.0 Å². The summed E-state index contributed by atoms with van der Waals surface area (Å²) in [6.45, 7) is 2.61. The zero-order chi connectivity index (χ0) is 13.9. The van der Waals surface area contributed by atoms with Crippen molar-refractivity contribution in [2.75, 3.05) is 0 Å². The maximum absolute atomic E-state index is 12.5. The quantitative estimate of drug-likeness (QED) is 0.905. The lowest BCUT2D eigenvalue weighted by Gasteiger charge is -2.20. The molecule has 1 aromatic carbocycles. The molecule has 104 valence electrons. The summed E-state index contributed by atoms with van der Waals surface area (Å²) in [4.78, 5) is 18.7. The first kappa shape index (κ1) is 12.8. The van der Waals surface area contributed by atoms with Gasteiger partial charge in [0.25, 0.3) is 5.91 Å². The van der Waals surface area contributed by atoms with E-state index < -0.39 is 0 Å². The van der Waals surface area contributed by atoms with Crippen LogP contribution in [0.4, 0.5) is 0 Å². The Morgan fingerprint density at radius 1 is 1.35 bits per heavy atom. The fourth-order valence-corrected chi connectivity index (χ4v) is 2.21. The monoisotopic (exact) mass is 270 g/mol. The summed E-state index contributed by atoms with van der Waals surface area (Å²) in [5.74, 6) is 0.959. The van der Waals surface area contributed by atoms with Crippen LogP contribution >= 0.6 is 0 Å². The molecule has 0 unspecified atom stereocenters. The summed E-state index contributed by atoms with van der Waals surface area (Å²) in [6, 6.07) is 10.4. The highest BCUT2D eigenvalue weighted by atomic mass is 16.2. The Morgan fingerprint density at radius 2 is 2.10 bits per heavy atom. The highest BCUT2D eigenvalue weighted by molar-refractivity contribution is 5.90. The maximum Gasteiger partial charge on any atom is 0.294 e. The predicted octanol–water partition coefficient (Wildman–Crippen LogP) is 2.17. The number of amides is 1. The first-order chi connectivity index (χ1) is 9.78. The van der Waals surface area contributed by atoms with Crippen molar-refractivity contribution >= 4 is 5.91 Å². The first-order valence-corrected chi connectivity index (χ1v) is 7.04. The fourth-order valence-electron chi connectivity index (χ4n) is 2.21. The Kier molecular flexibility index (Phi) is 3.50. The lowest BCUT2D eigenvalue weighted by Crippen LogP contribution is -2.33. The molecule has 5 nitrogen and oxygen atoms in total. The summed E-state index contributed by atoms with van der Waals surface area (Å²) in [7, 11) is 0. The summed E-state index contributed by atoms with van der Waals surface area (Å²) >= 11 is 0. The second kappa shape index (κ2) is 5.45. The van der Waals surface area contributed by atoms with Gasteiger partial charge in [0, 0.05) is 19.0 Å². The van der Waals surface area contributed by atoms with Crippen LogP contribution in [0.15, 0.2) is 30.3 Å². The molecule has 1 amide bonds. The summed E-state index contributed by atoms with van der Waals surface area (Å²) in [5, 5.41) is 6.84. The van der Waals surface area contributed by atoms with Gasteiger partial charge in [0.05, 0.1) is 0 Å². The van der Waals surface area contributed by atoms with Gasteiger partial charge < -0.3 is 4.90 Å². The van der Waals surface area contributed by atoms with Gasteiger partial charge in [-0.2, -0.15) is 0 Å². The number of carbonyl (C=O) groups excluding carboxylic acids is 1.